The summed E-state index contributed by atoms with van der Waals surface area (Å²) in [5, 5.41) is 8.42. The van der Waals surface area contributed by atoms with Gasteiger partial charge in [-0.2, -0.15) is 10.2 Å². The largest absolute Gasteiger partial charge is 0.327 e. The fraction of sp³-hybridized carbons (Fsp3) is 0.294. The van der Waals surface area contributed by atoms with Crippen molar-refractivity contribution in [1.82, 2.24) is 0 Å². The van der Waals surface area contributed by atoms with Crippen molar-refractivity contribution in [3.63, 3.8) is 0 Å². The predicted octanol–water partition coefficient (Wildman–Crippen LogP) is 4.77. The second-order valence-corrected chi connectivity index (χ2v) is 4.95. The van der Waals surface area contributed by atoms with Crippen molar-refractivity contribution in [2.45, 2.75) is 32.2 Å². The highest BCUT2D eigenvalue weighted by molar-refractivity contribution is 5.41. The molecule has 0 saturated carbocycles. The quantitative estimate of drug-likeness (QED) is 0.753. The lowest BCUT2D eigenvalue weighted by atomic mass is 10.0. The van der Waals surface area contributed by atoms with E-state index in [-0.39, 0.29) is 6.04 Å². The molecule has 0 bridgehead atoms. The standard InChI is InChI=1S/C17H21N3/c1-2-6-15(18)13-14-9-11-17(12-10-14)20-19-16-7-4-3-5-8-16/h3-5,7-12,15H,2,6,13,18H2,1H3. The molecule has 2 N–H and O–H groups in total. The molecule has 1 atom stereocenters. The topological polar surface area (TPSA) is 50.7 Å². The molecule has 104 valence electrons. The van der Waals surface area contributed by atoms with Gasteiger partial charge < -0.3 is 5.73 Å². The van der Waals surface area contributed by atoms with Crippen LogP contribution in [0.3, 0.4) is 0 Å². The van der Waals surface area contributed by atoms with Gasteiger partial charge in [-0.15, -0.1) is 0 Å². The smallest absolute Gasteiger partial charge is 0.0857 e. The maximum Gasteiger partial charge on any atom is 0.0857 e. The number of azo groups is 1. The first-order chi connectivity index (χ1) is 9.78. The maximum absolute atomic E-state index is 6.05. The fourth-order valence-corrected chi connectivity index (χ4v) is 2.08. The van der Waals surface area contributed by atoms with E-state index in [1.54, 1.807) is 0 Å². The highest BCUT2D eigenvalue weighted by Crippen LogP contribution is 2.18. The van der Waals surface area contributed by atoms with E-state index in [0.29, 0.717) is 0 Å². The lowest BCUT2D eigenvalue weighted by Crippen LogP contribution is -2.22. The Morgan fingerprint density at radius 1 is 0.900 bits per heavy atom. The van der Waals surface area contributed by atoms with Gasteiger partial charge in [-0.1, -0.05) is 43.7 Å². The summed E-state index contributed by atoms with van der Waals surface area (Å²) in [6.07, 6.45) is 3.12. The molecular weight excluding hydrogens is 246 g/mol. The first kappa shape index (κ1) is 14.4. The minimum atomic E-state index is 0.247. The van der Waals surface area contributed by atoms with E-state index >= 15 is 0 Å². The van der Waals surface area contributed by atoms with Gasteiger partial charge in [0.25, 0.3) is 0 Å². The third-order valence-corrected chi connectivity index (χ3v) is 3.13. The van der Waals surface area contributed by atoms with Crippen LogP contribution in [0.2, 0.25) is 0 Å². The molecule has 0 radical (unpaired) electrons. The summed E-state index contributed by atoms with van der Waals surface area (Å²) in [7, 11) is 0. The third kappa shape index (κ3) is 4.59. The molecule has 2 aromatic rings. The van der Waals surface area contributed by atoms with Gasteiger partial charge in [-0.05, 0) is 42.7 Å². The van der Waals surface area contributed by atoms with Gasteiger partial charge in [0, 0.05) is 6.04 Å². The van der Waals surface area contributed by atoms with Crippen LogP contribution in [0, 0.1) is 0 Å². The van der Waals surface area contributed by atoms with E-state index in [1.807, 2.05) is 42.5 Å². The SMILES string of the molecule is CCCC(N)Cc1ccc(N=Nc2ccccc2)cc1. The second kappa shape index (κ2) is 7.56. The normalized spacial score (nSPS) is 12.7. The molecule has 0 aromatic heterocycles. The van der Waals surface area contributed by atoms with E-state index < -0.39 is 0 Å². The van der Waals surface area contributed by atoms with Crippen LogP contribution in [0.4, 0.5) is 11.4 Å². The summed E-state index contributed by atoms with van der Waals surface area (Å²) >= 11 is 0. The van der Waals surface area contributed by atoms with Crippen molar-refractivity contribution in [2.24, 2.45) is 16.0 Å². The maximum atomic E-state index is 6.05. The Morgan fingerprint density at radius 2 is 1.50 bits per heavy atom. The molecule has 0 saturated heterocycles. The second-order valence-electron chi connectivity index (χ2n) is 4.95. The Hall–Kier alpha value is -2.00. The Balaban J connectivity index is 1.96. The van der Waals surface area contributed by atoms with Crippen molar-refractivity contribution in [3.05, 3.63) is 60.2 Å². The van der Waals surface area contributed by atoms with E-state index in [4.69, 9.17) is 5.73 Å². The number of nitrogens with zero attached hydrogens (tertiary/aromatic N) is 2. The molecule has 0 spiro atoms. The van der Waals surface area contributed by atoms with E-state index in [0.717, 1.165) is 30.6 Å². The zero-order valence-corrected chi connectivity index (χ0v) is 11.9. The van der Waals surface area contributed by atoms with E-state index in [2.05, 4.69) is 29.3 Å². The minimum Gasteiger partial charge on any atom is -0.327 e. The third-order valence-electron chi connectivity index (χ3n) is 3.13. The minimum absolute atomic E-state index is 0.247. The van der Waals surface area contributed by atoms with Crippen molar-refractivity contribution in [3.8, 4) is 0 Å². The molecular formula is C17H21N3. The first-order valence-corrected chi connectivity index (χ1v) is 7.09. The molecule has 20 heavy (non-hydrogen) atoms. The average Bonchev–Trinajstić information content (AvgIpc) is 2.48. The number of rotatable bonds is 6. The number of benzene rings is 2. The van der Waals surface area contributed by atoms with Gasteiger partial charge in [-0.3, -0.25) is 0 Å². The van der Waals surface area contributed by atoms with E-state index in [9.17, 15) is 0 Å². The van der Waals surface area contributed by atoms with Gasteiger partial charge in [0.1, 0.15) is 0 Å². The van der Waals surface area contributed by atoms with E-state index in [1.165, 1.54) is 5.56 Å². The Labute approximate surface area is 120 Å². The lowest BCUT2D eigenvalue weighted by molar-refractivity contribution is 0.600. The highest BCUT2D eigenvalue weighted by Gasteiger charge is 2.02. The summed E-state index contributed by atoms with van der Waals surface area (Å²) in [6.45, 7) is 2.16. The van der Waals surface area contributed by atoms with Gasteiger partial charge >= 0.3 is 0 Å². The Morgan fingerprint density at radius 3 is 2.10 bits per heavy atom. The molecule has 0 aliphatic heterocycles. The van der Waals surface area contributed by atoms with Crippen molar-refractivity contribution in [1.29, 1.82) is 0 Å². The Kier molecular flexibility index (Phi) is 5.44. The van der Waals surface area contributed by atoms with Crippen molar-refractivity contribution in [2.75, 3.05) is 0 Å². The summed E-state index contributed by atoms with van der Waals surface area (Å²) in [4.78, 5) is 0. The van der Waals surface area contributed by atoms with Gasteiger partial charge in [0.05, 0.1) is 11.4 Å². The summed E-state index contributed by atoms with van der Waals surface area (Å²) in [5.41, 5.74) is 9.03. The van der Waals surface area contributed by atoms with Crippen molar-refractivity contribution >= 4 is 11.4 Å². The first-order valence-electron chi connectivity index (χ1n) is 7.09. The van der Waals surface area contributed by atoms with Crippen LogP contribution < -0.4 is 5.73 Å². The molecule has 1 unspecified atom stereocenters. The zero-order chi connectivity index (χ0) is 14.2. The van der Waals surface area contributed by atoms with Crippen LogP contribution in [-0.4, -0.2) is 6.04 Å². The molecule has 3 nitrogen and oxygen atoms in total. The summed E-state index contributed by atoms with van der Waals surface area (Å²) in [5.74, 6) is 0. The lowest BCUT2D eigenvalue weighted by Gasteiger charge is -2.09. The number of nitrogens with two attached hydrogens (primary N) is 1. The van der Waals surface area contributed by atoms with Crippen LogP contribution in [-0.2, 0) is 6.42 Å². The van der Waals surface area contributed by atoms with Crippen LogP contribution in [0.25, 0.3) is 0 Å². The predicted molar refractivity (Wildman–Crippen MR) is 83.6 cm³/mol. The van der Waals surface area contributed by atoms with Crippen molar-refractivity contribution < 1.29 is 0 Å². The zero-order valence-electron chi connectivity index (χ0n) is 11.9. The number of hydrogen-bond acceptors (Lipinski definition) is 3. The fourth-order valence-electron chi connectivity index (χ4n) is 2.08. The summed E-state index contributed by atoms with van der Waals surface area (Å²) in [6, 6.07) is 18.1. The van der Waals surface area contributed by atoms with Gasteiger partial charge in [0.2, 0.25) is 0 Å². The monoisotopic (exact) mass is 267 g/mol. The molecule has 2 aromatic carbocycles. The molecule has 0 aliphatic rings. The average molecular weight is 267 g/mol. The van der Waals surface area contributed by atoms with Crippen LogP contribution in [0.5, 0.6) is 0 Å². The summed E-state index contributed by atoms with van der Waals surface area (Å²) < 4.78 is 0. The highest BCUT2D eigenvalue weighted by atomic mass is 15.1. The molecule has 0 aliphatic carbocycles. The van der Waals surface area contributed by atoms with Crippen LogP contribution in [0.1, 0.15) is 25.3 Å². The molecule has 0 fully saturated rings. The molecule has 0 amide bonds. The Bertz CT molecular complexity index is 532. The molecule has 2 rings (SSSR count). The molecule has 3 heteroatoms. The van der Waals surface area contributed by atoms with Gasteiger partial charge in [0.15, 0.2) is 0 Å². The molecule has 0 heterocycles. The van der Waals surface area contributed by atoms with Gasteiger partial charge in [-0.25, -0.2) is 0 Å². The number of hydrogen-bond donors (Lipinski definition) is 1. The van der Waals surface area contributed by atoms with Crippen LogP contribution >= 0.6 is 0 Å². The van der Waals surface area contributed by atoms with Crippen LogP contribution in [0.15, 0.2) is 64.8 Å².